The molecule has 0 aliphatic carbocycles. The zero-order valence-corrected chi connectivity index (χ0v) is 11.8. The number of hydrogen-bond acceptors (Lipinski definition) is 4. The lowest BCUT2D eigenvalue weighted by atomic mass is 9.95. The third-order valence-corrected chi connectivity index (χ3v) is 3.19. The standard InChI is InChI=1S/C15H15N3O3/c1-3-21-14(19)12-11(9-16)18(2)15(20)17-13(12)10-7-5-4-6-8-10/h4-8,13H,3H2,1-2H3,(H,17,20). The van der Waals surface area contributed by atoms with Crippen LogP contribution in [-0.2, 0) is 9.53 Å². The first-order valence-electron chi connectivity index (χ1n) is 6.50. The minimum absolute atomic E-state index is 0.00560. The van der Waals surface area contributed by atoms with Crippen LogP contribution in [0, 0.1) is 11.3 Å². The van der Waals surface area contributed by atoms with E-state index in [1.165, 1.54) is 7.05 Å². The van der Waals surface area contributed by atoms with E-state index in [9.17, 15) is 14.9 Å². The van der Waals surface area contributed by atoms with Gasteiger partial charge in [0, 0.05) is 7.05 Å². The van der Waals surface area contributed by atoms with Crippen molar-refractivity contribution in [2.75, 3.05) is 13.7 Å². The van der Waals surface area contributed by atoms with E-state index >= 15 is 0 Å². The first-order valence-corrected chi connectivity index (χ1v) is 6.50. The molecule has 0 saturated heterocycles. The van der Waals surface area contributed by atoms with Crippen LogP contribution in [0.15, 0.2) is 41.6 Å². The molecule has 2 rings (SSSR count). The maximum absolute atomic E-state index is 12.2. The molecule has 0 saturated carbocycles. The van der Waals surface area contributed by atoms with E-state index in [1.54, 1.807) is 31.2 Å². The maximum atomic E-state index is 12.2. The third kappa shape index (κ3) is 2.72. The molecule has 1 unspecified atom stereocenters. The average Bonchev–Trinajstić information content (AvgIpc) is 2.50. The Morgan fingerprint density at radius 1 is 1.43 bits per heavy atom. The lowest BCUT2D eigenvalue weighted by molar-refractivity contribution is -0.139. The summed E-state index contributed by atoms with van der Waals surface area (Å²) in [6.07, 6.45) is 0. The van der Waals surface area contributed by atoms with E-state index in [4.69, 9.17) is 4.74 Å². The van der Waals surface area contributed by atoms with E-state index in [-0.39, 0.29) is 17.9 Å². The number of benzene rings is 1. The molecule has 0 fully saturated rings. The number of nitriles is 1. The van der Waals surface area contributed by atoms with Gasteiger partial charge in [0.2, 0.25) is 0 Å². The van der Waals surface area contributed by atoms with Crippen LogP contribution in [0.4, 0.5) is 4.79 Å². The van der Waals surface area contributed by atoms with Crippen LogP contribution >= 0.6 is 0 Å². The summed E-state index contributed by atoms with van der Waals surface area (Å²) in [7, 11) is 1.44. The molecular formula is C15H15N3O3. The predicted octanol–water partition coefficient (Wildman–Crippen LogP) is 1.72. The number of esters is 1. The van der Waals surface area contributed by atoms with Crippen molar-refractivity contribution in [3.8, 4) is 6.07 Å². The first kappa shape index (κ1) is 14.6. The summed E-state index contributed by atoms with van der Waals surface area (Å²) >= 11 is 0. The Bertz CT molecular complexity index is 631. The van der Waals surface area contributed by atoms with Crippen LogP contribution in [0.25, 0.3) is 0 Å². The smallest absolute Gasteiger partial charge is 0.339 e. The van der Waals surface area contributed by atoms with Gasteiger partial charge in [0.05, 0.1) is 18.2 Å². The van der Waals surface area contributed by atoms with Crippen molar-refractivity contribution in [2.24, 2.45) is 0 Å². The highest BCUT2D eigenvalue weighted by Crippen LogP contribution is 2.30. The van der Waals surface area contributed by atoms with Gasteiger partial charge in [-0.15, -0.1) is 0 Å². The van der Waals surface area contributed by atoms with E-state index in [0.717, 1.165) is 10.5 Å². The minimum atomic E-state index is -0.691. The van der Waals surface area contributed by atoms with Gasteiger partial charge < -0.3 is 10.1 Å². The second-order valence-electron chi connectivity index (χ2n) is 4.45. The minimum Gasteiger partial charge on any atom is -0.462 e. The van der Waals surface area contributed by atoms with Crippen molar-refractivity contribution in [1.82, 2.24) is 10.2 Å². The van der Waals surface area contributed by atoms with Crippen molar-refractivity contribution in [3.05, 3.63) is 47.2 Å². The molecule has 0 spiro atoms. The van der Waals surface area contributed by atoms with Gasteiger partial charge in [-0.3, -0.25) is 4.90 Å². The Labute approximate surface area is 122 Å². The quantitative estimate of drug-likeness (QED) is 0.857. The molecule has 2 amide bonds. The highest BCUT2D eigenvalue weighted by molar-refractivity contribution is 5.96. The maximum Gasteiger partial charge on any atom is 0.339 e. The molecular weight excluding hydrogens is 270 g/mol. The van der Waals surface area contributed by atoms with Crippen LogP contribution in [-0.4, -0.2) is 30.6 Å². The lowest BCUT2D eigenvalue weighted by Gasteiger charge is -2.31. The SMILES string of the molecule is CCOC(=O)C1=C(C#N)N(C)C(=O)NC1c1ccccc1. The number of nitrogens with one attached hydrogen (secondary N) is 1. The van der Waals surface area contributed by atoms with Crippen molar-refractivity contribution < 1.29 is 14.3 Å². The highest BCUT2D eigenvalue weighted by Gasteiger charge is 2.36. The Kier molecular flexibility index (Phi) is 4.24. The first-order chi connectivity index (χ1) is 10.1. The number of hydrogen-bond donors (Lipinski definition) is 1. The van der Waals surface area contributed by atoms with Crippen LogP contribution < -0.4 is 5.32 Å². The second-order valence-corrected chi connectivity index (χ2v) is 4.45. The van der Waals surface area contributed by atoms with Crippen molar-refractivity contribution in [2.45, 2.75) is 13.0 Å². The van der Waals surface area contributed by atoms with E-state index in [1.807, 2.05) is 12.1 Å². The zero-order valence-electron chi connectivity index (χ0n) is 11.8. The van der Waals surface area contributed by atoms with E-state index in [0.29, 0.717) is 0 Å². The fourth-order valence-electron chi connectivity index (χ4n) is 2.17. The van der Waals surface area contributed by atoms with Gasteiger partial charge in [-0.1, -0.05) is 30.3 Å². The van der Waals surface area contributed by atoms with Crippen LogP contribution in [0.1, 0.15) is 18.5 Å². The molecule has 1 N–H and O–H groups in total. The summed E-state index contributed by atoms with van der Waals surface area (Å²) in [5.41, 5.74) is 0.869. The molecule has 1 aromatic rings. The molecule has 1 heterocycles. The van der Waals surface area contributed by atoms with E-state index < -0.39 is 18.0 Å². The lowest BCUT2D eigenvalue weighted by Crippen LogP contribution is -2.46. The van der Waals surface area contributed by atoms with Gasteiger partial charge >= 0.3 is 12.0 Å². The normalized spacial score (nSPS) is 18.0. The molecule has 1 atom stereocenters. The Hall–Kier alpha value is -2.81. The Morgan fingerprint density at radius 2 is 2.10 bits per heavy atom. The average molecular weight is 285 g/mol. The van der Waals surface area contributed by atoms with Gasteiger partial charge in [0.1, 0.15) is 11.8 Å². The van der Waals surface area contributed by atoms with Crippen molar-refractivity contribution in [3.63, 3.8) is 0 Å². The molecule has 0 radical (unpaired) electrons. The topological polar surface area (TPSA) is 82.4 Å². The van der Waals surface area contributed by atoms with Gasteiger partial charge in [-0.2, -0.15) is 5.26 Å². The Morgan fingerprint density at radius 3 is 2.67 bits per heavy atom. The predicted molar refractivity (Wildman–Crippen MR) is 74.7 cm³/mol. The summed E-state index contributed by atoms with van der Waals surface area (Å²) < 4.78 is 5.02. The van der Waals surface area contributed by atoms with Gasteiger partial charge in [-0.25, -0.2) is 9.59 Å². The molecule has 0 bridgehead atoms. The number of allylic oxidation sites excluding steroid dienone is 1. The van der Waals surface area contributed by atoms with Gasteiger partial charge in [0.15, 0.2) is 0 Å². The summed E-state index contributed by atoms with van der Waals surface area (Å²) in [6, 6.07) is 9.79. The summed E-state index contributed by atoms with van der Waals surface area (Å²) in [5.74, 6) is -0.602. The second kappa shape index (κ2) is 6.09. The third-order valence-electron chi connectivity index (χ3n) is 3.19. The van der Waals surface area contributed by atoms with Gasteiger partial charge in [-0.05, 0) is 12.5 Å². The van der Waals surface area contributed by atoms with E-state index in [2.05, 4.69) is 5.32 Å². The summed E-state index contributed by atoms with van der Waals surface area (Å²) in [6.45, 7) is 1.88. The molecule has 6 heteroatoms. The highest BCUT2D eigenvalue weighted by atomic mass is 16.5. The number of rotatable bonds is 3. The number of carbonyl (C=O) groups is 2. The largest absolute Gasteiger partial charge is 0.462 e. The number of amides is 2. The fraction of sp³-hybridized carbons (Fsp3) is 0.267. The molecule has 1 aromatic carbocycles. The van der Waals surface area contributed by atoms with Crippen molar-refractivity contribution in [1.29, 1.82) is 5.26 Å². The zero-order chi connectivity index (χ0) is 15.4. The molecule has 21 heavy (non-hydrogen) atoms. The number of urea groups is 1. The molecule has 108 valence electrons. The molecule has 0 aromatic heterocycles. The van der Waals surface area contributed by atoms with Crippen LogP contribution in [0.2, 0.25) is 0 Å². The number of carbonyl (C=O) groups excluding carboxylic acids is 2. The summed E-state index contributed by atoms with van der Waals surface area (Å²) in [4.78, 5) is 25.3. The molecule has 6 nitrogen and oxygen atoms in total. The summed E-state index contributed by atoms with van der Waals surface area (Å²) in [5, 5.41) is 12.0. The van der Waals surface area contributed by atoms with Crippen LogP contribution in [0.5, 0.6) is 0 Å². The monoisotopic (exact) mass is 285 g/mol. The fourth-order valence-corrected chi connectivity index (χ4v) is 2.17. The van der Waals surface area contributed by atoms with Crippen molar-refractivity contribution >= 4 is 12.0 Å². The van der Waals surface area contributed by atoms with Gasteiger partial charge in [0.25, 0.3) is 0 Å². The van der Waals surface area contributed by atoms with Crippen LogP contribution in [0.3, 0.4) is 0 Å². The molecule has 1 aliphatic heterocycles. The molecule has 1 aliphatic rings. The number of nitrogens with zero attached hydrogens (tertiary/aromatic N) is 2. The Balaban J connectivity index is 2.57. The number of ether oxygens (including phenoxy) is 1.